The normalized spacial score (nSPS) is 29.4. The Hall–Kier alpha value is -0.610. The molecule has 1 heterocycles. The van der Waals surface area contributed by atoms with Crippen molar-refractivity contribution in [2.45, 2.75) is 37.8 Å². The van der Waals surface area contributed by atoms with E-state index in [0.717, 1.165) is 19.6 Å². The molecule has 0 spiro atoms. The van der Waals surface area contributed by atoms with Crippen LogP contribution in [0.5, 0.6) is 0 Å². The minimum absolute atomic E-state index is 0.0480. The molecule has 86 valence electrons. The first-order chi connectivity index (χ1) is 7.33. The molecule has 0 aromatic rings. The lowest BCUT2D eigenvalue weighted by Crippen LogP contribution is -2.60. The number of carbonyl (C=O) groups excluding carboxylic acids is 1. The maximum absolute atomic E-state index is 11.8. The molecule has 1 unspecified atom stereocenters. The Morgan fingerprint density at radius 2 is 2.20 bits per heavy atom. The van der Waals surface area contributed by atoms with Crippen molar-refractivity contribution in [3.63, 3.8) is 0 Å². The van der Waals surface area contributed by atoms with Crippen molar-refractivity contribution in [1.29, 1.82) is 0 Å². The smallest absolute Gasteiger partial charge is 0.238 e. The van der Waals surface area contributed by atoms with Gasteiger partial charge in [0.1, 0.15) is 6.04 Å². The van der Waals surface area contributed by atoms with Crippen LogP contribution < -0.4 is 10.6 Å². The largest absolute Gasteiger partial charge is 0.353 e. The van der Waals surface area contributed by atoms with Gasteiger partial charge in [-0.05, 0) is 19.9 Å². The second-order valence-electron chi connectivity index (χ2n) is 4.54. The van der Waals surface area contributed by atoms with Crippen molar-refractivity contribution < 1.29 is 4.79 Å². The predicted octanol–water partition coefficient (Wildman–Crippen LogP) is -0.0512. The molecule has 2 N–H and O–H groups in total. The van der Waals surface area contributed by atoms with E-state index >= 15 is 0 Å². The molecule has 1 aliphatic carbocycles. The minimum atomic E-state index is 0.0480. The molecule has 0 bridgehead atoms. The fourth-order valence-corrected chi connectivity index (χ4v) is 2.81. The highest BCUT2D eigenvalue weighted by atomic mass is 16.2. The highest BCUT2D eigenvalue weighted by Crippen LogP contribution is 2.25. The van der Waals surface area contributed by atoms with Crippen molar-refractivity contribution in [2.24, 2.45) is 0 Å². The third-order valence-corrected chi connectivity index (χ3v) is 3.56. The lowest BCUT2D eigenvalue weighted by Gasteiger charge is -2.39. The SMILES string of the molecule is CNCC1C(=O)NCCN1C1CCCC1. The zero-order chi connectivity index (χ0) is 10.7. The average molecular weight is 211 g/mol. The lowest BCUT2D eigenvalue weighted by molar-refractivity contribution is -0.130. The van der Waals surface area contributed by atoms with E-state index in [-0.39, 0.29) is 11.9 Å². The van der Waals surface area contributed by atoms with Crippen LogP contribution in [0.2, 0.25) is 0 Å². The summed E-state index contributed by atoms with van der Waals surface area (Å²) < 4.78 is 0. The average Bonchev–Trinajstić information content (AvgIpc) is 2.74. The maximum atomic E-state index is 11.8. The summed E-state index contributed by atoms with van der Waals surface area (Å²) in [6.45, 7) is 2.60. The molecule has 1 saturated carbocycles. The fraction of sp³-hybridized carbons (Fsp3) is 0.909. The number of likely N-dealkylation sites (N-methyl/N-ethyl adjacent to an activating group) is 1. The molecular formula is C11H21N3O. The number of nitrogens with one attached hydrogen (secondary N) is 2. The summed E-state index contributed by atoms with van der Waals surface area (Å²) in [4.78, 5) is 14.2. The van der Waals surface area contributed by atoms with Crippen molar-refractivity contribution in [2.75, 3.05) is 26.7 Å². The van der Waals surface area contributed by atoms with Gasteiger partial charge in [0.15, 0.2) is 0 Å². The van der Waals surface area contributed by atoms with Crippen LogP contribution in [0.15, 0.2) is 0 Å². The Morgan fingerprint density at radius 1 is 1.47 bits per heavy atom. The highest BCUT2D eigenvalue weighted by molar-refractivity contribution is 5.82. The van der Waals surface area contributed by atoms with Crippen LogP contribution in [0.3, 0.4) is 0 Å². The van der Waals surface area contributed by atoms with E-state index in [4.69, 9.17) is 0 Å². The second kappa shape index (κ2) is 4.94. The minimum Gasteiger partial charge on any atom is -0.353 e. The number of hydrogen-bond acceptors (Lipinski definition) is 3. The van der Waals surface area contributed by atoms with Gasteiger partial charge in [-0.1, -0.05) is 12.8 Å². The second-order valence-corrected chi connectivity index (χ2v) is 4.54. The number of amides is 1. The van der Waals surface area contributed by atoms with E-state index in [2.05, 4.69) is 15.5 Å². The third kappa shape index (κ3) is 2.32. The molecular weight excluding hydrogens is 190 g/mol. The van der Waals surface area contributed by atoms with Crippen molar-refractivity contribution in [3.8, 4) is 0 Å². The van der Waals surface area contributed by atoms with Gasteiger partial charge in [-0.25, -0.2) is 0 Å². The Kier molecular flexibility index (Phi) is 3.59. The number of piperazine rings is 1. The standard InChI is InChI=1S/C11H21N3O/c1-12-8-10-11(15)13-6-7-14(10)9-4-2-3-5-9/h9-10,12H,2-8H2,1H3,(H,13,15). The maximum Gasteiger partial charge on any atom is 0.238 e. The van der Waals surface area contributed by atoms with Gasteiger partial charge in [-0.15, -0.1) is 0 Å². The topological polar surface area (TPSA) is 44.4 Å². The van der Waals surface area contributed by atoms with E-state index in [1.807, 2.05) is 7.05 Å². The quantitative estimate of drug-likeness (QED) is 0.688. The summed E-state index contributed by atoms with van der Waals surface area (Å²) in [5.74, 6) is 0.197. The van der Waals surface area contributed by atoms with Gasteiger partial charge in [0.25, 0.3) is 0 Å². The lowest BCUT2D eigenvalue weighted by atomic mass is 10.1. The van der Waals surface area contributed by atoms with Gasteiger partial charge in [0.05, 0.1) is 0 Å². The van der Waals surface area contributed by atoms with E-state index in [1.165, 1.54) is 25.7 Å². The summed E-state index contributed by atoms with van der Waals surface area (Å²) in [6.07, 6.45) is 5.20. The van der Waals surface area contributed by atoms with Gasteiger partial charge in [-0.3, -0.25) is 9.69 Å². The number of hydrogen-bond donors (Lipinski definition) is 2. The molecule has 1 aliphatic heterocycles. The van der Waals surface area contributed by atoms with Crippen molar-refractivity contribution >= 4 is 5.91 Å². The molecule has 15 heavy (non-hydrogen) atoms. The molecule has 2 rings (SSSR count). The van der Waals surface area contributed by atoms with E-state index < -0.39 is 0 Å². The molecule has 4 nitrogen and oxygen atoms in total. The molecule has 1 amide bonds. The predicted molar refractivity (Wildman–Crippen MR) is 59.7 cm³/mol. The van der Waals surface area contributed by atoms with Crippen LogP contribution in [0.4, 0.5) is 0 Å². The summed E-state index contributed by atoms with van der Waals surface area (Å²) >= 11 is 0. The van der Waals surface area contributed by atoms with Crippen LogP contribution in [0.1, 0.15) is 25.7 Å². The zero-order valence-electron chi connectivity index (χ0n) is 9.46. The Labute approximate surface area is 91.4 Å². The Balaban J connectivity index is 2.01. The first kappa shape index (κ1) is 10.9. The van der Waals surface area contributed by atoms with Crippen LogP contribution in [0, 0.1) is 0 Å². The van der Waals surface area contributed by atoms with Crippen molar-refractivity contribution in [1.82, 2.24) is 15.5 Å². The summed E-state index contributed by atoms with van der Waals surface area (Å²) in [7, 11) is 1.91. The van der Waals surface area contributed by atoms with Crippen LogP contribution in [0.25, 0.3) is 0 Å². The number of nitrogens with zero attached hydrogens (tertiary/aromatic N) is 1. The van der Waals surface area contributed by atoms with E-state index in [0.29, 0.717) is 6.04 Å². The molecule has 1 saturated heterocycles. The van der Waals surface area contributed by atoms with E-state index in [1.54, 1.807) is 0 Å². The van der Waals surface area contributed by atoms with Crippen LogP contribution >= 0.6 is 0 Å². The molecule has 4 heteroatoms. The van der Waals surface area contributed by atoms with Gasteiger partial charge in [0.2, 0.25) is 5.91 Å². The first-order valence-electron chi connectivity index (χ1n) is 6.01. The van der Waals surface area contributed by atoms with Gasteiger partial charge in [0, 0.05) is 25.7 Å². The van der Waals surface area contributed by atoms with Crippen LogP contribution in [-0.2, 0) is 4.79 Å². The monoisotopic (exact) mass is 211 g/mol. The summed E-state index contributed by atoms with van der Waals surface area (Å²) in [5, 5.41) is 6.07. The fourth-order valence-electron chi connectivity index (χ4n) is 2.81. The molecule has 2 fully saturated rings. The molecule has 1 atom stereocenters. The number of rotatable bonds is 3. The van der Waals surface area contributed by atoms with Gasteiger partial charge in [-0.2, -0.15) is 0 Å². The Morgan fingerprint density at radius 3 is 2.87 bits per heavy atom. The highest BCUT2D eigenvalue weighted by Gasteiger charge is 2.34. The molecule has 0 aromatic carbocycles. The number of carbonyl (C=O) groups is 1. The van der Waals surface area contributed by atoms with Crippen LogP contribution in [-0.4, -0.2) is 49.6 Å². The summed E-state index contributed by atoms with van der Waals surface area (Å²) in [5.41, 5.74) is 0. The Bertz CT molecular complexity index is 226. The van der Waals surface area contributed by atoms with E-state index in [9.17, 15) is 4.79 Å². The van der Waals surface area contributed by atoms with Crippen molar-refractivity contribution in [3.05, 3.63) is 0 Å². The summed E-state index contributed by atoms with van der Waals surface area (Å²) in [6, 6.07) is 0.696. The molecule has 0 radical (unpaired) electrons. The van der Waals surface area contributed by atoms with Gasteiger partial charge >= 0.3 is 0 Å². The third-order valence-electron chi connectivity index (χ3n) is 3.56. The first-order valence-corrected chi connectivity index (χ1v) is 6.01. The molecule has 2 aliphatic rings. The zero-order valence-corrected chi connectivity index (χ0v) is 9.46. The molecule has 0 aromatic heterocycles. The van der Waals surface area contributed by atoms with Gasteiger partial charge < -0.3 is 10.6 Å².